The van der Waals surface area contributed by atoms with Gasteiger partial charge < -0.3 is 18.5 Å². The minimum Gasteiger partial charge on any atom is -0.486 e. The Morgan fingerprint density at radius 2 is 1.63 bits per heavy atom. The number of carbonyl (C=O) groups is 1. The maximum Gasteiger partial charge on any atom is 0.307 e. The Morgan fingerprint density at radius 1 is 0.971 bits per heavy atom. The van der Waals surface area contributed by atoms with Gasteiger partial charge in [0, 0.05) is 17.1 Å². The summed E-state index contributed by atoms with van der Waals surface area (Å²) in [6.45, 7) is 4.55. The van der Waals surface area contributed by atoms with Crippen molar-refractivity contribution in [1.29, 1.82) is 0 Å². The van der Waals surface area contributed by atoms with Crippen molar-refractivity contribution in [3.63, 3.8) is 0 Å². The molecule has 2 aromatic heterocycles. The minimum atomic E-state index is -0.455. The molecule has 4 rings (SSSR count). The summed E-state index contributed by atoms with van der Waals surface area (Å²) in [6.07, 6.45) is 6.69. The fourth-order valence-corrected chi connectivity index (χ4v) is 3.49. The van der Waals surface area contributed by atoms with Gasteiger partial charge in [0.25, 0.3) is 0 Å². The molecule has 2 heterocycles. The van der Waals surface area contributed by atoms with Crippen LogP contribution in [0.3, 0.4) is 0 Å². The molecule has 7 heteroatoms. The van der Waals surface area contributed by atoms with Gasteiger partial charge in [0.1, 0.15) is 30.5 Å². The van der Waals surface area contributed by atoms with Crippen LogP contribution in [0.2, 0.25) is 0 Å². The quantitative estimate of drug-likeness (QED) is 0.212. The van der Waals surface area contributed by atoms with E-state index in [1.807, 2.05) is 24.3 Å². The van der Waals surface area contributed by atoms with E-state index in [-0.39, 0.29) is 19.0 Å². The maximum absolute atomic E-state index is 12.3. The first-order valence-electron chi connectivity index (χ1n) is 11.0. The Bertz CT molecular complexity index is 1340. The summed E-state index contributed by atoms with van der Waals surface area (Å²) in [5.74, 6) is 4.00. The number of terminal acetylenes is 1. The zero-order valence-corrected chi connectivity index (χ0v) is 19.5. The van der Waals surface area contributed by atoms with E-state index in [2.05, 4.69) is 47.0 Å². The molecule has 35 heavy (non-hydrogen) atoms. The third-order valence-electron chi connectivity index (χ3n) is 5.21. The summed E-state index contributed by atoms with van der Waals surface area (Å²) in [5, 5.41) is 3.96. The van der Waals surface area contributed by atoms with Gasteiger partial charge in [-0.05, 0) is 92.2 Å². The van der Waals surface area contributed by atoms with E-state index < -0.39 is 5.91 Å². The average molecular weight is 468 g/mol. The number of furan rings is 1. The van der Waals surface area contributed by atoms with Gasteiger partial charge in [-0.25, -0.2) is 5.43 Å². The summed E-state index contributed by atoms with van der Waals surface area (Å²) in [6, 6.07) is 22.4. The number of hydrazone groups is 1. The van der Waals surface area contributed by atoms with E-state index >= 15 is 0 Å². The number of amides is 1. The van der Waals surface area contributed by atoms with Crippen molar-refractivity contribution in [3.05, 3.63) is 101 Å². The number of ether oxygens (including phenoxy) is 2. The van der Waals surface area contributed by atoms with E-state index in [9.17, 15) is 4.79 Å². The molecule has 1 amide bonds. The zero-order valence-electron chi connectivity index (χ0n) is 19.5. The van der Waals surface area contributed by atoms with Crippen LogP contribution < -0.4 is 14.9 Å². The SMILES string of the molecule is C#CCOc1ccc(/C=N/NC(=O)c2ccc(COc3ccc(-n4c(C)ccc4C)cc3)o2)cc1. The fraction of sp³-hybridized carbons (Fsp3) is 0.143. The van der Waals surface area contributed by atoms with Crippen molar-refractivity contribution in [2.75, 3.05) is 6.61 Å². The highest BCUT2D eigenvalue weighted by molar-refractivity contribution is 5.92. The predicted octanol–water partition coefficient (Wildman–Crippen LogP) is 5.04. The topological polar surface area (TPSA) is 78.0 Å². The number of aromatic nitrogens is 1. The average Bonchev–Trinajstić information content (AvgIpc) is 3.49. The standard InChI is InChI=1S/C28H25N3O4/c1-4-17-33-24-11-7-22(8-12-24)18-29-30-28(32)27-16-15-26(35-27)19-34-25-13-9-23(10-14-25)31-20(2)5-6-21(31)3/h1,5-16,18H,17,19H2,2-3H3,(H,30,32)/b29-18+. The molecule has 0 saturated carbocycles. The molecule has 4 aromatic rings. The number of hydrogen-bond acceptors (Lipinski definition) is 5. The molecule has 2 aromatic carbocycles. The maximum atomic E-state index is 12.3. The smallest absolute Gasteiger partial charge is 0.307 e. The lowest BCUT2D eigenvalue weighted by Gasteiger charge is -2.10. The van der Waals surface area contributed by atoms with Crippen molar-refractivity contribution in [3.8, 4) is 29.5 Å². The van der Waals surface area contributed by atoms with Crippen molar-refractivity contribution < 1.29 is 18.7 Å². The number of aryl methyl sites for hydroxylation is 2. The Hall–Kier alpha value is -4.70. The molecule has 0 aliphatic heterocycles. The first-order valence-corrected chi connectivity index (χ1v) is 11.0. The summed E-state index contributed by atoms with van der Waals surface area (Å²) in [7, 11) is 0. The molecule has 176 valence electrons. The molecule has 0 radical (unpaired) electrons. The van der Waals surface area contributed by atoms with Crippen LogP contribution in [0.15, 0.2) is 82.3 Å². The first-order chi connectivity index (χ1) is 17.0. The van der Waals surface area contributed by atoms with Gasteiger partial charge in [0.15, 0.2) is 5.76 Å². The highest BCUT2D eigenvalue weighted by Crippen LogP contribution is 2.21. The molecule has 0 saturated heterocycles. The van der Waals surface area contributed by atoms with Gasteiger partial charge in [0.05, 0.1) is 6.21 Å². The third-order valence-corrected chi connectivity index (χ3v) is 5.21. The lowest BCUT2D eigenvalue weighted by molar-refractivity contribution is 0.0923. The van der Waals surface area contributed by atoms with Gasteiger partial charge in [-0.1, -0.05) is 5.92 Å². The van der Waals surface area contributed by atoms with Crippen molar-refractivity contribution in [2.24, 2.45) is 5.10 Å². The van der Waals surface area contributed by atoms with Crippen LogP contribution >= 0.6 is 0 Å². The Morgan fingerprint density at radius 3 is 2.31 bits per heavy atom. The third kappa shape index (κ3) is 6.01. The summed E-state index contributed by atoms with van der Waals surface area (Å²) in [5.41, 5.74) is 6.66. The molecule has 0 bridgehead atoms. The summed E-state index contributed by atoms with van der Waals surface area (Å²) in [4.78, 5) is 12.3. The fourth-order valence-electron chi connectivity index (χ4n) is 3.49. The highest BCUT2D eigenvalue weighted by Gasteiger charge is 2.11. The molecule has 0 aliphatic carbocycles. The van der Waals surface area contributed by atoms with Crippen LogP contribution in [-0.2, 0) is 6.61 Å². The van der Waals surface area contributed by atoms with Crippen molar-refractivity contribution in [2.45, 2.75) is 20.5 Å². The predicted molar refractivity (Wildman–Crippen MR) is 134 cm³/mol. The van der Waals surface area contributed by atoms with E-state index in [0.29, 0.717) is 17.3 Å². The number of nitrogens with zero attached hydrogens (tertiary/aromatic N) is 2. The normalized spacial score (nSPS) is 10.8. The molecule has 1 N–H and O–H groups in total. The second-order valence-electron chi connectivity index (χ2n) is 7.76. The number of benzene rings is 2. The lowest BCUT2D eigenvalue weighted by Crippen LogP contribution is -2.16. The van der Waals surface area contributed by atoms with Gasteiger partial charge in [-0.3, -0.25) is 4.79 Å². The van der Waals surface area contributed by atoms with E-state index in [0.717, 1.165) is 11.3 Å². The van der Waals surface area contributed by atoms with Gasteiger partial charge in [0.2, 0.25) is 0 Å². The zero-order chi connectivity index (χ0) is 24.6. The summed E-state index contributed by atoms with van der Waals surface area (Å²) >= 11 is 0. The Kier molecular flexibility index (Phi) is 7.34. The number of carbonyl (C=O) groups excluding carboxylic acids is 1. The molecule has 0 fully saturated rings. The minimum absolute atomic E-state index is 0.146. The second kappa shape index (κ2) is 10.9. The van der Waals surface area contributed by atoms with Crippen LogP contribution in [0.5, 0.6) is 11.5 Å². The van der Waals surface area contributed by atoms with Crippen molar-refractivity contribution >= 4 is 12.1 Å². The van der Waals surface area contributed by atoms with Crippen LogP contribution in [0, 0.1) is 26.2 Å². The first kappa shape index (κ1) is 23.5. The molecule has 0 spiro atoms. The van der Waals surface area contributed by atoms with Crippen LogP contribution in [0.4, 0.5) is 0 Å². The largest absolute Gasteiger partial charge is 0.486 e. The van der Waals surface area contributed by atoms with Crippen LogP contribution in [0.25, 0.3) is 5.69 Å². The second-order valence-corrected chi connectivity index (χ2v) is 7.76. The van der Waals surface area contributed by atoms with Gasteiger partial charge >= 0.3 is 5.91 Å². The number of rotatable bonds is 9. The van der Waals surface area contributed by atoms with E-state index in [1.54, 1.807) is 36.4 Å². The molecule has 0 unspecified atom stereocenters. The van der Waals surface area contributed by atoms with Crippen molar-refractivity contribution in [1.82, 2.24) is 9.99 Å². The van der Waals surface area contributed by atoms with Gasteiger partial charge in [-0.15, -0.1) is 6.42 Å². The number of hydrogen-bond donors (Lipinski definition) is 1. The molecular weight excluding hydrogens is 442 g/mol. The Balaban J connectivity index is 1.27. The van der Waals surface area contributed by atoms with Crippen LogP contribution in [-0.4, -0.2) is 23.3 Å². The molecule has 7 nitrogen and oxygen atoms in total. The molecular formula is C28H25N3O4. The lowest BCUT2D eigenvalue weighted by atomic mass is 10.2. The molecule has 0 aliphatic rings. The number of nitrogens with one attached hydrogen (secondary N) is 1. The molecule has 0 atom stereocenters. The summed E-state index contributed by atoms with van der Waals surface area (Å²) < 4.78 is 18.9. The monoisotopic (exact) mass is 467 g/mol. The van der Waals surface area contributed by atoms with E-state index in [4.69, 9.17) is 20.3 Å². The van der Waals surface area contributed by atoms with Gasteiger partial charge in [-0.2, -0.15) is 5.10 Å². The van der Waals surface area contributed by atoms with E-state index in [1.165, 1.54) is 17.6 Å². The van der Waals surface area contributed by atoms with Crippen LogP contribution in [0.1, 0.15) is 33.3 Å². The highest BCUT2D eigenvalue weighted by atomic mass is 16.5. The Labute approximate surface area is 204 Å².